The number of carbonyl (C=O) groups is 1. The lowest BCUT2D eigenvalue weighted by molar-refractivity contribution is -0.384. The molecule has 2 heterocycles. The summed E-state index contributed by atoms with van der Waals surface area (Å²) < 4.78 is 0. The number of nitro groups is 1. The molecular weight excluding hydrogens is 522 g/mol. The number of carbonyl (C=O) groups excluding carboxylic acids is 1. The molecule has 40 heavy (non-hydrogen) atoms. The number of nitrogens with zero attached hydrogens (tertiary/aromatic N) is 5. The van der Waals surface area contributed by atoms with Crippen LogP contribution in [-0.4, -0.2) is 42.2 Å². The van der Waals surface area contributed by atoms with Crippen LogP contribution >= 0.6 is 11.8 Å². The van der Waals surface area contributed by atoms with Crippen molar-refractivity contribution in [1.29, 1.82) is 0 Å². The minimum absolute atomic E-state index is 0.0329. The molecule has 0 aromatic heterocycles. The van der Waals surface area contributed by atoms with Crippen LogP contribution in [0.5, 0.6) is 0 Å². The Balaban J connectivity index is 1.35. The van der Waals surface area contributed by atoms with Crippen LogP contribution in [0.2, 0.25) is 0 Å². The fourth-order valence-corrected chi connectivity index (χ4v) is 6.18. The Bertz CT molecular complexity index is 1570. The maximum atomic E-state index is 14.1. The van der Waals surface area contributed by atoms with E-state index in [1.807, 2.05) is 72.5 Å². The number of nitro benzene ring substituents is 1. The van der Waals surface area contributed by atoms with Crippen LogP contribution in [-0.2, 0) is 4.79 Å². The number of rotatable bonds is 6. The highest BCUT2D eigenvalue weighted by atomic mass is 32.2. The van der Waals surface area contributed by atoms with Crippen molar-refractivity contribution < 1.29 is 9.72 Å². The van der Waals surface area contributed by atoms with Gasteiger partial charge in [-0.3, -0.25) is 24.8 Å². The topological polar surface area (TPSA) is 82.3 Å². The largest absolute Gasteiger partial charge is 0.378 e. The number of hydrogen-bond donors (Lipinski definition) is 0. The van der Waals surface area contributed by atoms with Gasteiger partial charge in [-0.1, -0.05) is 48.2 Å². The number of anilines is 3. The summed E-state index contributed by atoms with van der Waals surface area (Å²) in [5.74, 6) is -0.0798. The third-order valence-corrected chi connectivity index (χ3v) is 8.31. The van der Waals surface area contributed by atoms with Gasteiger partial charge in [0.2, 0.25) is 0 Å². The molecule has 2 aliphatic rings. The molecule has 6 rings (SSSR count). The first kappa shape index (κ1) is 25.6. The molecule has 0 fully saturated rings. The minimum atomic E-state index is -0.410. The van der Waals surface area contributed by atoms with Crippen molar-refractivity contribution in [2.45, 2.75) is 22.3 Å². The molecule has 0 bridgehead atoms. The van der Waals surface area contributed by atoms with Gasteiger partial charge in [0.25, 0.3) is 11.6 Å². The Morgan fingerprint density at radius 3 is 2.10 bits per heavy atom. The SMILES string of the molecule is CN(C)c1ccc(C2CC(c3ccc([N+](=O)[O-])cc3)=NN2CC(=O)N2c3ccccc3Sc3ccccc32)cc1. The summed E-state index contributed by atoms with van der Waals surface area (Å²) in [7, 11) is 4.00. The smallest absolute Gasteiger partial charge is 0.269 e. The van der Waals surface area contributed by atoms with Gasteiger partial charge in [0.1, 0.15) is 6.54 Å². The highest BCUT2D eigenvalue weighted by molar-refractivity contribution is 7.99. The predicted molar refractivity (Wildman–Crippen MR) is 159 cm³/mol. The van der Waals surface area contributed by atoms with Gasteiger partial charge in [0.05, 0.1) is 28.1 Å². The number of hydrazone groups is 1. The number of benzene rings is 4. The first-order valence-corrected chi connectivity index (χ1v) is 13.8. The Hall–Kier alpha value is -4.63. The van der Waals surface area contributed by atoms with Gasteiger partial charge in [-0.2, -0.15) is 5.10 Å². The number of para-hydroxylation sites is 2. The lowest BCUT2D eigenvalue weighted by atomic mass is 9.98. The number of fused-ring (bicyclic) bond motifs is 2. The molecule has 1 unspecified atom stereocenters. The Labute approximate surface area is 236 Å². The van der Waals surface area contributed by atoms with Crippen molar-refractivity contribution >= 4 is 46.1 Å². The molecule has 4 aromatic carbocycles. The average Bonchev–Trinajstić information content (AvgIpc) is 3.39. The molecule has 8 nitrogen and oxygen atoms in total. The van der Waals surface area contributed by atoms with Gasteiger partial charge in [-0.15, -0.1) is 0 Å². The van der Waals surface area contributed by atoms with Gasteiger partial charge in [0.15, 0.2) is 0 Å². The zero-order valence-corrected chi connectivity index (χ0v) is 22.9. The van der Waals surface area contributed by atoms with E-state index in [0.717, 1.165) is 43.7 Å². The molecule has 0 radical (unpaired) electrons. The third kappa shape index (κ3) is 4.80. The van der Waals surface area contributed by atoms with E-state index >= 15 is 0 Å². The molecule has 1 amide bonds. The molecule has 200 valence electrons. The summed E-state index contributed by atoms with van der Waals surface area (Å²) in [6, 6.07) is 30.4. The van der Waals surface area contributed by atoms with Crippen molar-refractivity contribution in [2.24, 2.45) is 5.10 Å². The zero-order chi connectivity index (χ0) is 27.8. The Kier molecular flexibility index (Phi) is 6.73. The van der Waals surface area contributed by atoms with E-state index in [0.29, 0.717) is 6.42 Å². The van der Waals surface area contributed by atoms with Crippen LogP contribution < -0.4 is 9.80 Å². The molecular formula is C31H27N5O3S. The third-order valence-electron chi connectivity index (χ3n) is 7.18. The summed E-state index contributed by atoms with van der Waals surface area (Å²) in [5.41, 5.74) is 5.49. The lowest BCUT2D eigenvalue weighted by Crippen LogP contribution is -2.37. The van der Waals surface area contributed by atoms with E-state index in [1.165, 1.54) is 12.1 Å². The summed E-state index contributed by atoms with van der Waals surface area (Å²) >= 11 is 1.66. The Morgan fingerprint density at radius 2 is 1.52 bits per heavy atom. The van der Waals surface area contributed by atoms with Crippen molar-refractivity contribution in [3.05, 3.63) is 118 Å². The van der Waals surface area contributed by atoms with Crippen molar-refractivity contribution in [1.82, 2.24) is 5.01 Å². The van der Waals surface area contributed by atoms with Crippen LogP contribution in [0.4, 0.5) is 22.7 Å². The molecule has 0 N–H and O–H groups in total. The lowest BCUT2D eigenvalue weighted by Gasteiger charge is -2.33. The second-order valence-corrected chi connectivity index (χ2v) is 11.0. The number of amides is 1. The maximum Gasteiger partial charge on any atom is 0.269 e. The molecule has 0 aliphatic carbocycles. The van der Waals surface area contributed by atoms with Crippen molar-refractivity contribution in [3.63, 3.8) is 0 Å². The zero-order valence-electron chi connectivity index (χ0n) is 22.1. The molecule has 1 atom stereocenters. The van der Waals surface area contributed by atoms with E-state index in [4.69, 9.17) is 5.10 Å². The maximum absolute atomic E-state index is 14.1. The van der Waals surface area contributed by atoms with E-state index in [1.54, 1.807) is 28.8 Å². The number of hydrogen-bond acceptors (Lipinski definition) is 7. The van der Waals surface area contributed by atoms with Crippen LogP contribution in [0.25, 0.3) is 0 Å². The molecule has 0 saturated carbocycles. The summed E-state index contributed by atoms with van der Waals surface area (Å²) in [5, 5.41) is 17.9. The predicted octanol–water partition coefficient (Wildman–Crippen LogP) is 6.64. The molecule has 4 aromatic rings. The average molecular weight is 550 g/mol. The first-order chi connectivity index (χ1) is 19.4. The van der Waals surface area contributed by atoms with E-state index in [-0.39, 0.29) is 24.2 Å². The Morgan fingerprint density at radius 1 is 0.925 bits per heavy atom. The van der Waals surface area contributed by atoms with Gasteiger partial charge in [0, 0.05) is 48.1 Å². The second-order valence-electron chi connectivity index (χ2n) is 9.92. The normalized spacial score (nSPS) is 15.8. The molecule has 0 saturated heterocycles. The quantitative estimate of drug-likeness (QED) is 0.198. The van der Waals surface area contributed by atoms with Gasteiger partial charge < -0.3 is 4.90 Å². The molecule has 9 heteroatoms. The van der Waals surface area contributed by atoms with Crippen LogP contribution in [0.1, 0.15) is 23.6 Å². The summed E-state index contributed by atoms with van der Waals surface area (Å²) in [6.07, 6.45) is 0.579. The van der Waals surface area contributed by atoms with E-state index in [9.17, 15) is 14.9 Å². The molecule has 0 spiro atoms. The van der Waals surface area contributed by atoms with Crippen LogP contribution in [0, 0.1) is 10.1 Å². The van der Waals surface area contributed by atoms with E-state index < -0.39 is 4.92 Å². The van der Waals surface area contributed by atoms with Crippen LogP contribution in [0.15, 0.2) is 112 Å². The van der Waals surface area contributed by atoms with Gasteiger partial charge in [-0.05, 0) is 59.7 Å². The second kappa shape index (κ2) is 10.5. The number of non-ortho nitro benzene ring substituents is 1. The standard InChI is InChI=1S/C31H27N5O3S/c1-33(2)23-15-13-22(14-16-23)28-19-25(21-11-17-24(18-12-21)36(38)39)32-34(28)20-31(37)35-26-7-3-5-9-29(26)40-30-10-6-4-8-27(30)35/h3-18,28H,19-20H2,1-2H3. The highest BCUT2D eigenvalue weighted by Gasteiger charge is 2.34. The van der Waals surface area contributed by atoms with Crippen LogP contribution in [0.3, 0.4) is 0 Å². The fourth-order valence-electron chi connectivity index (χ4n) is 5.12. The highest BCUT2D eigenvalue weighted by Crippen LogP contribution is 2.48. The van der Waals surface area contributed by atoms with Gasteiger partial charge >= 0.3 is 0 Å². The monoisotopic (exact) mass is 549 g/mol. The van der Waals surface area contributed by atoms with Crippen molar-refractivity contribution in [2.75, 3.05) is 30.4 Å². The molecule has 2 aliphatic heterocycles. The van der Waals surface area contributed by atoms with Gasteiger partial charge in [-0.25, -0.2) is 0 Å². The van der Waals surface area contributed by atoms with E-state index in [2.05, 4.69) is 24.3 Å². The summed E-state index contributed by atoms with van der Waals surface area (Å²) in [6.45, 7) is 0.0733. The fraction of sp³-hybridized carbons (Fsp3) is 0.161. The first-order valence-electron chi connectivity index (χ1n) is 12.9. The minimum Gasteiger partial charge on any atom is -0.378 e. The summed E-state index contributed by atoms with van der Waals surface area (Å²) in [4.78, 5) is 30.7. The van der Waals surface area contributed by atoms with Crippen molar-refractivity contribution in [3.8, 4) is 0 Å².